The van der Waals surface area contributed by atoms with E-state index in [0.717, 1.165) is 24.0 Å². The van der Waals surface area contributed by atoms with Crippen molar-refractivity contribution in [2.45, 2.75) is 19.9 Å². The second-order valence-corrected chi connectivity index (χ2v) is 4.61. The van der Waals surface area contributed by atoms with Gasteiger partial charge < -0.3 is 9.55 Å². The Morgan fingerprint density at radius 1 is 1.53 bits per heavy atom. The molecule has 0 amide bonds. The van der Waals surface area contributed by atoms with Crippen LogP contribution in [0.2, 0.25) is 0 Å². The highest BCUT2D eigenvalue weighted by molar-refractivity contribution is 9.10. The number of rotatable bonds is 2. The highest BCUT2D eigenvalue weighted by atomic mass is 79.9. The van der Waals surface area contributed by atoms with Gasteiger partial charge in [0.2, 0.25) is 0 Å². The normalized spacial score (nSPS) is 11.1. The number of halogens is 2. The van der Waals surface area contributed by atoms with Gasteiger partial charge in [-0.25, -0.2) is 4.39 Å². The van der Waals surface area contributed by atoms with Gasteiger partial charge in [0.05, 0.1) is 15.5 Å². The molecule has 0 fully saturated rings. The molecule has 0 saturated heterocycles. The first kappa shape index (κ1) is 10.8. The molecule has 1 aromatic heterocycles. The zero-order valence-electron chi connectivity index (χ0n) is 8.18. The molecule has 0 saturated carbocycles. The number of aromatic amines is 1. The smallest absolute Gasteiger partial charge is 0.178 e. The number of benzene rings is 1. The van der Waals surface area contributed by atoms with Crippen molar-refractivity contribution < 1.29 is 4.39 Å². The van der Waals surface area contributed by atoms with Gasteiger partial charge in [-0.05, 0) is 40.6 Å². The van der Waals surface area contributed by atoms with Gasteiger partial charge in [-0.2, -0.15) is 0 Å². The van der Waals surface area contributed by atoms with Gasteiger partial charge in [0.15, 0.2) is 4.77 Å². The fourth-order valence-corrected chi connectivity index (χ4v) is 2.24. The molecule has 0 aliphatic carbocycles. The molecule has 80 valence electrons. The van der Waals surface area contributed by atoms with Gasteiger partial charge in [-0.1, -0.05) is 6.92 Å². The summed E-state index contributed by atoms with van der Waals surface area (Å²) < 4.78 is 16.4. The summed E-state index contributed by atoms with van der Waals surface area (Å²) in [6.45, 7) is 2.87. The highest BCUT2D eigenvalue weighted by Gasteiger charge is 2.07. The molecule has 15 heavy (non-hydrogen) atoms. The number of hydrogen-bond donors (Lipinski definition) is 1. The molecule has 1 aromatic carbocycles. The molecule has 2 nitrogen and oxygen atoms in total. The van der Waals surface area contributed by atoms with Crippen molar-refractivity contribution >= 4 is 39.2 Å². The third-order valence-electron chi connectivity index (χ3n) is 2.26. The van der Waals surface area contributed by atoms with E-state index in [9.17, 15) is 4.39 Å². The third-order valence-corrected chi connectivity index (χ3v) is 3.19. The molecule has 2 rings (SSSR count). The monoisotopic (exact) mass is 288 g/mol. The standard InChI is InChI=1S/C10H10BrFN2S/c1-2-3-14-9-5-7(12)6(11)4-8(9)13-10(14)15/h4-5H,2-3H2,1H3,(H,13,15). The van der Waals surface area contributed by atoms with Gasteiger partial charge in [0.25, 0.3) is 0 Å². The molecular weight excluding hydrogens is 279 g/mol. The summed E-state index contributed by atoms with van der Waals surface area (Å²) in [6, 6.07) is 3.22. The summed E-state index contributed by atoms with van der Waals surface area (Å²) in [7, 11) is 0. The van der Waals surface area contributed by atoms with Crippen molar-refractivity contribution in [3.8, 4) is 0 Å². The van der Waals surface area contributed by atoms with Crippen LogP contribution in [0.4, 0.5) is 4.39 Å². The van der Waals surface area contributed by atoms with Crippen LogP contribution in [0.5, 0.6) is 0 Å². The SMILES string of the molecule is CCCn1c(=S)[nH]c2cc(Br)c(F)cc21. The van der Waals surface area contributed by atoms with E-state index in [1.165, 1.54) is 6.07 Å². The van der Waals surface area contributed by atoms with Crippen molar-refractivity contribution in [2.75, 3.05) is 0 Å². The molecule has 1 heterocycles. The van der Waals surface area contributed by atoms with Crippen LogP contribution in [-0.4, -0.2) is 9.55 Å². The lowest BCUT2D eigenvalue weighted by Gasteiger charge is -2.01. The Morgan fingerprint density at radius 3 is 2.93 bits per heavy atom. The van der Waals surface area contributed by atoms with Gasteiger partial charge in [-0.3, -0.25) is 0 Å². The van der Waals surface area contributed by atoms with Crippen LogP contribution in [0.1, 0.15) is 13.3 Å². The van der Waals surface area contributed by atoms with E-state index < -0.39 is 0 Å². The first-order valence-electron chi connectivity index (χ1n) is 4.71. The first-order valence-corrected chi connectivity index (χ1v) is 5.91. The van der Waals surface area contributed by atoms with Crippen molar-refractivity contribution in [1.29, 1.82) is 0 Å². The van der Waals surface area contributed by atoms with Crippen LogP contribution >= 0.6 is 28.1 Å². The number of fused-ring (bicyclic) bond motifs is 1. The Labute approximate surface area is 100 Å². The number of nitrogens with zero attached hydrogens (tertiary/aromatic N) is 1. The van der Waals surface area contributed by atoms with E-state index in [1.54, 1.807) is 6.07 Å². The second kappa shape index (κ2) is 4.06. The van der Waals surface area contributed by atoms with Crippen LogP contribution < -0.4 is 0 Å². The Kier molecular flexibility index (Phi) is 2.93. The largest absolute Gasteiger partial charge is 0.331 e. The Balaban J connectivity index is 2.76. The van der Waals surface area contributed by atoms with E-state index in [0.29, 0.717) is 9.24 Å². The molecule has 0 bridgehead atoms. The fraction of sp³-hybridized carbons (Fsp3) is 0.300. The van der Waals surface area contributed by atoms with Gasteiger partial charge >= 0.3 is 0 Å². The number of aryl methyl sites for hydroxylation is 1. The average molecular weight is 289 g/mol. The summed E-state index contributed by atoms with van der Waals surface area (Å²) in [5, 5.41) is 0. The van der Waals surface area contributed by atoms with Crippen LogP contribution in [0.15, 0.2) is 16.6 Å². The second-order valence-electron chi connectivity index (χ2n) is 3.37. The molecule has 5 heteroatoms. The summed E-state index contributed by atoms with van der Waals surface area (Å²) in [6.07, 6.45) is 0.971. The molecular formula is C10H10BrFN2S. The van der Waals surface area contributed by atoms with Crippen molar-refractivity contribution in [1.82, 2.24) is 9.55 Å². The minimum Gasteiger partial charge on any atom is -0.331 e. The minimum atomic E-state index is -0.263. The lowest BCUT2D eigenvalue weighted by molar-refractivity contribution is 0.620. The summed E-state index contributed by atoms with van der Waals surface area (Å²) >= 11 is 8.33. The molecule has 0 spiro atoms. The average Bonchev–Trinajstić information content (AvgIpc) is 2.46. The topological polar surface area (TPSA) is 20.7 Å². The molecule has 2 aromatic rings. The van der Waals surface area contributed by atoms with Crippen LogP contribution in [0.3, 0.4) is 0 Å². The maximum atomic E-state index is 13.4. The van der Waals surface area contributed by atoms with Gasteiger partial charge in [0, 0.05) is 12.6 Å². The maximum absolute atomic E-state index is 13.4. The zero-order chi connectivity index (χ0) is 11.0. The summed E-state index contributed by atoms with van der Waals surface area (Å²) in [4.78, 5) is 3.06. The van der Waals surface area contributed by atoms with Crippen LogP contribution in [0, 0.1) is 10.6 Å². The van der Waals surface area contributed by atoms with Crippen LogP contribution in [-0.2, 0) is 6.54 Å². The van der Waals surface area contributed by atoms with Crippen molar-refractivity contribution in [3.63, 3.8) is 0 Å². The van der Waals surface area contributed by atoms with E-state index in [4.69, 9.17) is 12.2 Å². The highest BCUT2D eigenvalue weighted by Crippen LogP contribution is 2.23. The Hall–Kier alpha value is -0.680. The lowest BCUT2D eigenvalue weighted by Crippen LogP contribution is -1.96. The molecule has 0 unspecified atom stereocenters. The number of aromatic nitrogens is 2. The number of imidazole rings is 1. The molecule has 1 N–H and O–H groups in total. The summed E-state index contributed by atoms with van der Waals surface area (Å²) in [5.41, 5.74) is 1.68. The quantitative estimate of drug-likeness (QED) is 0.828. The molecule has 0 radical (unpaired) electrons. The van der Waals surface area contributed by atoms with Crippen molar-refractivity contribution in [3.05, 3.63) is 27.2 Å². The maximum Gasteiger partial charge on any atom is 0.178 e. The fourth-order valence-electron chi connectivity index (χ4n) is 1.60. The minimum absolute atomic E-state index is 0.263. The summed E-state index contributed by atoms with van der Waals surface area (Å²) in [5.74, 6) is -0.263. The Bertz CT molecular complexity index is 558. The third kappa shape index (κ3) is 1.86. The number of hydrogen-bond acceptors (Lipinski definition) is 1. The van der Waals surface area contributed by atoms with E-state index >= 15 is 0 Å². The van der Waals surface area contributed by atoms with E-state index in [1.807, 2.05) is 4.57 Å². The Morgan fingerprint density at radius 2 is 2.27 bits per heavy atom. The lowest BCUT2D eigenvalue weighted by atomic mass is 10.3. The predicted molar refractivity (Wildman–Crippen MR) is 65.1 cm³/mol. The molecule has 0 atom stereocenters. The van der Waals surface area contributed by atoms with Crippen molar-refractivity contribution in [2.24, 2.45) is 0 Å². The van der Waals surface area contributed by atoms with E-state index in [-0.39, 0.29) is 5.82 Å². The molecule has 0 aliphatic rings. The number of nitrogens with one attached hydrogen (secondary N) is 1. The molecule has 0 aliphatic heterocycles. The number of H-pyrrole nitrogens is 1. The van der Waals surface area contributed by atoms with Gasteiger partial charge in [0.1, 0.15) is 5.82 Å². The predicted octanol–water partition coefficient (Wildman–Crippen LogP) is 4.01. The van der Waals surface area contributed by atoms with Crippen LogP contribution in [0.25, 0.3) is 11.0 Å². The first-order chi connectivity index (χ1) is 7.13. The zero-order valence-corrected chi connectivity index (χ0v) is 10.6. The van der Waals surface area contributed by atoms with E-state index in [2.05, 4.69) is 27.8 Å². The van der Waals surface area contributed by atoms with Gasteiger partial charge in [-0.15, -0.1) is 0 Å².